The fourth-order valence-electron chi connectivity index (χ4n) is 1.39. The quantitative estimate of drug-likeness (QED) is 0.622. The molecule has 0 heterocycles. The third kappa shape index (κ3) is 6.63. The number of nitrogens with two attached hydrogens (primary N) is 1. The summed E-state index contributed by atoms with van der Waals surface area (Å²) < 4.78 is 9.99. The number of hydrogen-bond donors (Lipinski definition) is 2. The molecule has 0 saturated carbocycles. The Hall–Kier alpha value is -2.24. The SMILES string of the molecule is CC(C)(C)NC(=O)COC(=O)COc1cccc(N)c1. The van der Waals surface area contributed by atoms with Crippen molar-refractivity contribution >= 4 is 17.6 Å². The van der Waals surface area contributed by atoms with Crippen molar-refractivity contribution in [3.63, 3.8) is 0 Å². The predicted octanol–water partition coefficient (Wildman–Crippen LogP) is 1.11. The van der Waals surface area contributed by atoms with Gasteiger partial charge in [0.2, 0.25) is 0 Å². The Bertz CT molecular complexity index is 480. The fraction of sp³-hybridized carbons (Fsp3) is 0.429. The number of rotatable bonds is 5. The van der Waals surface area contributed by atoms with Crippen LogP contribution in [0.5, 0.6) is 5.75 Å². The number of benzene rings is 1. The van der Waals surface area contributed by atoms with Gasteiger partial charge in [-0.15, -0.1) is 0 Å². The van der Waals surface area contributed by atoms with Gasteiger partial charge in [-0.3, -0.25) is 4.79 Å². The van der Waals surface area contributed by atoms with E-state index >= 15 is 0 Å². The van der Waals surface area contributed by atoms with Crippen molar-refractivity contribution in [3.05, 3.63) is 24.3 Å². The minimum absolute atomic E-state index is 0.272. The van der Waals surface area contributed by atoms with Gasteiger partial charge in [0, 0.05) is 17.3 Å². The van der Waals surface area contributed by atoms with E-state index < -0.39 is 5.97 Å². The Balaban J connectivity index is 2.29. The van der Waals surface area contributed by atoms with E-state index in [-0.39, 0.29) is 24.7 Å². The van der Waals surface area contributed by atoms with Crippen LogP contribution >= 0.6 is 0 Å². The van der Waals surface area contributed by atoms with Crippen LogP contribution in [0.2, 0.25) is 0 Å². The third-order valence-corrected chi connectivity index (χ3v) is 2.09. The van der Waals surface area contributed by atoms with Gasteiger partial charge in [-0.05, 0) is 32.9 Å². The number of carbonyl (C=O) groups is 2. The molecular weight excluding hydrogens is 260 g/mol. The van der Waals surface area contributed by atoms with Crippen LogP contribution in [0.3, 0.4) is 0 Å². The molecule has 1 rings (SSSR count). The molecule has 0 spiro atoms. The van der Waals surface area contributed by atoms with Crippen molar-refractivity contribution in [1.29, 1.82) is 0 Å². The lowest BCUT2D eigenvalue weighted by Crippen LogP contribution is -2.43. The number of ether oxygens (including phenoxy) is 2. The molecule has 0 bridgehead atoms. The highest BCUT2D eigenvalue weighted by Crippen LogP contribution is 2.14. The first kappa shape index (κ1) is 15.8. The first-order valence-electron chi connectivity index (χ1n) is 6.21. The zero-order valence-electron chi connectivity index (χ0n) is 11.9. The molecule has 0 fully saturated rings. The van der Waals surface area contributed by atoms with Crippen molar-refractivity contribution in [2.75, 3.05) is 18.9 Å². The summed E-state index contributed by atoms with van der Waals surface area (Å²) in [5.74, 6) is -0.493. The highest BCUT2D eigenvalue weighted by atomic mass is 16.6. The van der Waals surface area contributed by atoms with E-state index in [4.69, 9.17) is 15.2 Å². The lowest BCUT2D eigenvalue weighted by Gasteiger charge is -2.20. The molecule has 0 aliphatic heterocycles. The molecular formula is C14H20N2O4. The maximum absolute atomic E-state index is 11.4. The van der Waals surface area contributed by atoms with Crippen molar-refractivity contribution < 1.29 is 19.1 Å². The molecule has 0 saturated heterocycles. The van der Waals surface area contributed by atoms with Gasteiger partial charge < -0.3 is 20.5 Å². The van der Waals surface area contributed by atoms with Gasteiger partial charge in [0.15, 0.2) is 13.2 Å². The first-order chi connectivity index (χ1) is 9.26. The Morgan fingerprint density at radius 1 is 1.25 bits per heavy atom. The normalized spacial score (nSPS) is 10.8. The minimum atomic E-state index is -0.614. The zero-order valence-corrected chi connectivity index (χ0v) is 11.9. The summed E-state index contributed by atoms with van der Waals surface area (Å²) in [6.07, 6.45) is 0. The van der Waals surface area contributed by atoms with Crippen molar-refractivity contribution in [2.24, 2.45) is 0 Å². The van der Waals surface area contributed by atoms with E-state index in [1.807, 2.05) is 20.8 Å². The number of nitrogen functional groups attached to an aromatic ring is 1. The van der Waals surface area contributed by atoms with Crippen LogP contribution in [0.4, 0.5) is 5.69 Å². The van der Waals surface area contributed by atoms with Crippen molar-refractivity contribution in [2.45, 2.75) is 26.3 Å². The maximum atomic E-state index is 11.4. The van der Waals surface area contributed by atoms with Crippen LogP contribution in [0, 0.1) is 0 Å². The molecule has 0 aliphatic carbocycles. The summed E-state index contributed by atoms with van der Waals surface area (Å²) in [6.45, 7) is 4.93. The molecule has 6 nitrogen and oxygen atoms in total. The lowest BCUT2D eigenvalue weighted by molar-refractivity contribution is -0.150. The molecule has 0 atom stereocenters. The largest absolute Gasteiger partial charge is 0.482 e. The number of anilines is 1. The Labute approximate surface area is 118 Å². The second kappa shape index (κ2) is 6.79. The highest BCUT2D eigenvalue weighted by molar-refractivity contribution is 5.81. The molecule has 6 heteroatoms. The molecule has 1 amide bonds. The second-order valence-electron chi connectivity index (χ2n) is 5.32. The van der Waals surface area contributed by atoms with Crippen LogP contribution < -0.4 is 15.8 Å². The lowest BCUT2D eigenvalue weighted by atomic mass is 10.1. The van der Waals surface area contributed by atoms with Crippen LogP contribution in [-0.4, -0.2) is 30.6 Å². The summed E-state index contributed by atoms with van der Waals surface area (Å²) in [5, 5.41) is 2.68. The fourth-order valence-corrected chi connectivity index (χ4v) is 1.39. The van der Waals surface area contributed by atoms with Gasteiger partial charge in [-0.25, -0.2) is 4.79 Å². The molecule has 1 aromatic rings. The van der Waals surface area contributed by atoms with Crippen LogP contribution in [0.1, 0.15) is 20.8 Å². The van der Waals surface area contributed by atoms with Gasteiger partial charge >= 0.3 is 5.97 Å². The number of nitrogens with one attached hydrogen (secondary N) is 1. The van der Waals surface area contributed by atoms with E-state index in [1.165, 1.54) is 0 Å². The smallest absolute Gasteiger partial charge is 0.344 e. The number of hydrogen-bond acceptors (Lipinski definition) is 5. The minimum Gasteiger partial charge on any atom is -0.482 e. The average molecular weight is 280 g/mol. The summed E-state index contributed by atoms with van der Waals surface area (Å²) in [7, 11) is 0. The zero-order chi connectivity index (χ0) is 15.2. The van der Waals surface area contributed by atoms with Gasteiger partial charge in [0.25, 0.3) is 5.91 Å². The molecule has 0 aromatic heterocycles. The Kier molecular flexibility index (Phi) is 5.37. The first-order valence-corrected chi connectivity index (χ1v) is 6.21. The third-order valence-electron chi connectivity index (χ3n) is 2.09. The summed E-state index contributed by atoms with van der Waals surface area (Å²) in [6, 6.07) is 6.70. The van der Waals surface area contributed by atoms with Gasteiger partial charge in [0.05, 0.1) is 0 Å². The Morgan fingerprint density at radius 2 is 1.95 bits per heavy atom. The molecule has 1 aromatic carbocycles. The summed E-state index contributed by atoms with van der Waals surface area (Å²) >= 11 is 0. The van der Waals surface area contributed by atoms with E-state index in [2.05, 4.69) is 5.32 Å². The van der Waals surface area contributed by atoms with E-state index in [1.54, 1.807) is 24.3 Å². The molecule has 20 heavy (non-hydrogen) atoms. The molecule has 3 N–H and O–H groups in total. The maximum Gasteiger partial charge on any atom is 0.344 e. The monoisotopic (exact) mass is 280 g/mol. The van der Waals surface area contributed by atoms with Crippen LogP contribution in [-0.2, 0) is 14.3 Å². The highest BCUT2D eigenvalue weighted by Gasteiger charge is 2.15. The summed E-state index contributed by atoms with van der Waals surface area (Å²) in [5.41, 5.74) is 5.76. The van der Waals surface area contributed by atoms with Gasteiger partial charge in [0.1, 0.15) is 5.75 Å². The van der Waals surface area contributed by atoms with E-state index in [0.29, 0.717) is 11.4 Å². The molecule has 0 unspecified atom stereocenters. The van der Waals surface area contributed by atoms with E-state index in [0.717, 1.165) is 0 Å². The number of carbonyl (C=O) groups excluding carboxylic acids is 2. The van der Waals surface area contributed by atoms with E-state index in [9.17, 15) is 9.59 Å². The standard InChI is InChI=1S/C14H20N2O4/c1-14(2,3)16-12(17)8-20-13(18)9-19-11-6-4-5-10(15)7-11/h4-7H,8-9,15H2,1-3H3,(H,16,17). The molecule has 110 valence electrons. The Morgan fingerprint density at radius 3 is 2.55 bits per heavy atom. The van der Waals surface area contributed by atoms with Gasteiger partial charge in [-0.1, -0.05) is 6.07 Å². The van der Waals surface area contributed by atoms with Crippen LogP contribution in [0.15, 0.2) is 24.3 Å². The summed E-state index contributed by atoms with van der Waals surface area (Å²) in [4.78, 5) is 22.8. The topological polar surface area (TPSA) is 90.6 Å². The van der Waals surface area contributed by atoms with Gasteiger partial charge in [-0.2, -0.15) is 0 Å². The average Bonchev–Trinajstić information content (AvgIpc) is 2.32. The number of amides is 1. The van der Waals surface area contributed by atoms with Crippen molar-refractivity contribution in [3.8, 4) is 5.75 Å². The predicted molar refractivity (Wildman–Crippen MR) is 75.2 cm³/mol. The molecule has 0 aliphatic rings. The molecule has 0 radical (unpaired) electrons. The second-order valence-corrected chi connectivity index (χ2v) is 5.32. The van der Waals surface area contributed by atoms with Crippen LogP contribution in [0.25, 0.3) is 0 Å². The van der Waals surface area contributed by atoms with Crippen molar-refractivity contribution in [1.82, 2.24) is 5.32 Å². The number of esters is 1.